The van der Waals surface area contributed by atoms with E-state index >= 15 is 0 Å². The normalized spacial score (nSPS) is 15.3. The van der Waals surface area contributed by atoms with Crippen molar-refractivity contribution in [2.75, 3.05) is 13.1 Å². The summed E-state index contributed by atoms with van der Waals surface area (Å²) in [4.78, 5) is 69.9. The number of hydrogen-bond acceptors (Lipinski definition) is 9. The molecule has 0 spiro atoms. The maximum Gasteiger partial charge on any atom is 0.407 e. The van der Waals surface area contributed by atoms with Gasteiger partial charge in [-0.1, -0.05) is 55.4 Å². The number of aliphatic hydroxyl groups excluding tert-OH is 1. The van der Waals surface area contributed by atoms with E-state index < -0.39 is 48.1 Å². The van der Waals surface area contributed by atoms with E-state index in [-0.39, 0.29) is 54.5 Å². The Bertz CT molecular complexity index is 1200. The van der Waals surface area contributed by atoms with Crippen LogP contribution in [0.5, 0.6) is 0 Å². The van der Waals surface area contributed by atoms with Gasteiger partial charge in [0.25, 0.3) is 0 Å². The van der Waals surface area contributed by atoms with Crippen LogP contribution < -0.4 is 26.6 Å². The van der Waals surface area contributed by atoms with Crippen LogP contribution in [-0.4, -0.2) is 83.2 Å². The first-order valence-electron chi connectivity index (χ1n) is 17.6. The maximum atomic E-state index is 13.7. The smallest absolute Gasteiger partial charge is 0.407 e. The molecule has 0 aliphatic carbocycles. The van der Waals surface area contributed by atoms with Gasteiger partial charge in [-0.15, -0.1) is 11.3 Å². The van der Waals surface area contributed by atoms with Gasteiger partial charge in [0.2, 0.25) is 23.6 Å². The van der Waals surface area contributed by atoms with Gasteiger partial charge < -0.3 is 36.4 Å². The Morgan fingerprint density at radius 1 is 0.816 bits per heavy atom. The van der Waals surface area contributed by atoms with E-state index in [0.717, 1.165) is 10.7 Å². The molecular formula is C35H62N6O7S. The summed E-state index contributed by atoms with van der Waals surface area (Å²) < 4.78 is 5.15. The highest BCUT2D eigenvalue weighted by molar-refractivity contribution is 7.09. The Hall–Kier alpha value is -3.26. The molecule has 49 heavy (non-hydrogen) atoms. The van der Waals surface area contributed by atoms with Crippen LogP contribution in [0.25, 0.3) is 0 Å². The fourth-order valence-corrected chi connectivity index (χ4v) is 5.91. The van der Waals surface area contributed by atoms with Crippen molar-refractivity contribution in [3.8, 4) is 0 Å². The molecule has 14 heteroatoms. The zero-order valence-corrected chi connectivity index (χ0v) is 32.2. The second-order valence-electron chi connectivity index (χ2n) is 14.4. The summed E-state index contributed by atoms with van der Waals surface area (Å²) in [7, 11) is 0. The molecule has 6 N–H and O–H groups in total. The van der Waals surface area contributed by atoms with Crippen molar-refractivity contribution in [3.63, 3.8) is 0 Å². The Balaban J connectivity index is 3.10. The molecule has 0 aromatic carbocycles. The van der Waals surface area contributed by atoms with Crippen LogP contribution in [0.2, 0.25) is 0 Å². The van der Waals surface area contributed by atoms with Crippen LogP contribution in [-0.2, 0) is 30.3 Å². The standard InChI is InChI=1S/C35H62N6O7S/c1-12-25(15-29-38-24(11)18-49-29)32(44)40-27(17-37-35(47)48-22(8)9)33(45)39-26(13-19(2)3)28(42)14-23(10)31(43)41-30(21(6)7)34(46)36-16-20(4)5/h18-23,25-28,30,42H,12-17H2,1-11H3,(H,36,46)(H,37,47)(H,39,45)(H,40,44)(H,41,43). The molecule has 1 aromatic rings. The number of carbonyl (C=O) groups excluding carboxylic acids is 5. The summed E-state index contributed by atoms with van der Waals surface area (Å²) in [6.07, 6.45) is -0.921. The van der Waals surface area contributed by atoms with Crippen molar-refractivity contribution in [2.45, 2.75) is 132 Å². The average Bonchev–Trinajstić information content (AvgIpc) is 3.42. The van der Waals surface area contributed by atoms with Crippen LogP contribution in [0.3, 0.4) is 0 Å². The van der Waals surface area contributed by atoms with Crippen LogP contribution >= 0.6 is 11.3 Å². The number of thiazole rings is 1. The zero-order valence-electron chi connectivity index (χ0n) is 31.3. The number of alkyl carbamates (subject to hydrolysis) is 1. The second-order valence-corrected chi connectivity index (χ2v) is 15.3. The fraction of sp³-hybridized carbons (Fsp3) is 0.771. The van der Waals surface area contributed by atoms with Gasteiger partial charge in [-0.3, -0.25) is 19.2 Å². The van der Waals surface area contributed by atoms with Gasteiger partial charge in [0, 0.05) is 35.9 Å². The number of hydrogen-bond donors (Lipinski definition) is 6. The van der Waals surface area contributed by atoms with Crippen LogP contribution in [0.1, 0.15) is 99.2 Å². The molecule has 0 fully saturated rings. The molecule has 6 atom stereocenters. The van der Waals surface area contributed by atoms with E-state index in [1.165, 1.54) is 11.3 Å². The number of rotatable bonds is 21. The van der Waals surface area contributed by atoms with E-state index in [1.807, 2.05) is 60.8 Å². The van der Waals surface area contributed by atoms with Gasteiger partial charge in [-0.2, -0.15) is 0 Å². The van der Waals surface area contributed by atoms with Crippen LogP contribution in [0, 0.1) is 36.5 Å². The SMILES string of the molecule is CCC(Cc1nc(C)cs1)C(=O)NC(CNC(=O)OC(C)C)C(=O)NC(CC(C)C)C(O)CC(C)C(=O)NC(C(=O)NCC(C)C)C(C)C. The first kappa shape index (κ1) is 43.8. The van der Waals surface area contributed by atoms with Crippen molar-refractivity contribution in [1.82, 2.24) is 31.6 Å². The lowest BCUT2D eigenvalue weighted by atomic mass is 9.91. The first-order chi connectivity index (χ1) is 22.8. The molecule has 6 unspecified atom stereocenters. The third kappa shape index (κ3) is 16.8. The van der Waals surface area contributed by atoms with Crippen LogP contribution in [0.15, 0.2) is 5.38 Å². The van der Waals surface area contributed by atoms with E-state index in [1.54, 1.807) is 20.8 Å². The molecule has 0 radical (unpaired) electrons. The number of nitrogens with zero attached hydrogens (tertiary/aromatic N) is 1. The Morgan fingerprint density at radius 2 is 1.47 bits per heavy atom. The van der Waals surface area contributed by atoms with E-state index in [0.29, 0.717) is 25.8 Å². The van der Waals surface area contributed by atoms with E-state index in [9.17, 15) is 29.1 Å². The van der Waals surface area contributed by atoms with Crippen molar-refractivity contribution in [2.24, 2.45) is 29.6 Å². The number of nitrogens with one attached hydrogen (secondary N) is 5. The molecule has 0 bridgehead atoms. The van der Waals surface area contributed by atoms with Gasteiger partial charge in [0.05, 0.1) is 29.8 Å². The van der Waals surface area contributed by atoms with E-state index in [4.69, 9.17) is 4.74 Å². The number of aliphatic hydroxyl groups is 1. The molecule has 0 saturated carbocycles. The van der Waals surface area contributed by atoms with Crippen molar-refractivity contribution in [1.29, 1.82) is 0 Å². The summed E-state index contributed by atoms with van der Waals surface area (Å²) >= 11 is 1.47. The van der Waals surface area contributed by atoms with Crippen molar-refractivity contribution in [3.05, 3.63) is 16.1 Å². The Labute approximate surface area is 296 Å². The topological polar surface area (TPSA) is 188 Å². The number of amides is 5. The number of aryl methyl sites for hydroxylation is 1. The molecular weight excluding hydrogens is 648 g/mol. The number of ether oxygens (including phenoxy) is 1. The summed E-state index contributed by atoms with van der Waals surface area (Å²) in [5.74, 6) is -2.57. The maximum absolute atomic E-state index is 13.7. The van der Waals surface area contributed by atoms with Gasteiger partial charge in [-0.05, 0) is 57.8 Å². The minimum absolute atomic E-state index is 0.0169. The zero-order chi connectivity index (χ0) is 37.4. The van der Waals surface area contributed by atoms with E-state index in [2.05, 4.69) is 31.6 Å². The fourth-order valence-electron chi connectivity index (χ4n) is 5.05. The predicted molar refractivity (Wildman–Crippen MR) is 192 cm³/mol. The highest BCUT2D eigenvalue weighted by Gasteiger charge is 2.33. The monoisotopic (exact) mass is 710 g/mol. The predicted octanol–water partition coefficient (Wildman–Crippen LogP) is 3.47. The molecule has 0 saturated heterocycles. The average molecular weight is 711 g/mol. The number of aromatic nitrogens is 1. The molecule has 1 rings (SSSR count). The van der Waals surface area contributed by atoms with Crippen LogP contribution in [0.4, 0.5) is 4.79 Å². The lowest BCUT2D eigenvalue weighted by Crippen LogP contribution is -2.57. The highest BCUT2D eigenvalue weighted by atomic mass is 32.1. The lowest BCUT2D eigenvalue weighted by Gasteiger charge is -2.30. The molecule has 5 amide bonds. The quantitative estimate of drug-likeness (QED) is 0.112. The summed E-state index contributed by atoms with van der Waals surface area (Å²) in [6, 6.07) is -2.67. The minimum atomic E-state index is -1.17. The minimum Gasteiger partial charge on any atom is -0.447 e. The summed E-state index contributed by atoms with van der Waals surface area (Å²) in [5, 5.41) is 28.0. The second kappa shape index (κ2) is 21.7. The van der Waals surface area contributed by atoms with Gasteiger partial charge >= 0.3 is 6.09 Å². The third-order valence-electron chi connectivity index (χ3n) is 7.87. The Kier molecular flexibility index (Phi) is 19.4. The number of carbonyl (C=O) groups is 5. The van der Waals surface area contributed by atoms with Crippen molar-refractivity contribution >= 4 is 41.1 Å². The molecule has 1 aromatic heterocycles. The lowest BCUT2D eigenvalue weighted by molar-refractivity contribution is -0.133. The van der Waals surface area contributed by atoms with Gasteiger partial charge in [-0.25, -0.2) is 9.78 Å². The third-order valence-corrected chi connectivity index (χ3v) is 8.86. The molecule has 0 aliphatic rings. The van der Waals surface area contributed by atoms with Gasteiger partial charge in [0.15, 0.2) is 0 Å². The Morgan fingerprint density at radius 3 is 1.98 bits per heavy atom. The summed E-state index contributed by atoms with van der Waals surface area (Å²) in [5.41, 5.74) is 0.869. The molecule has 1 heterocycles. The van der Waals surface area contributed by atoms with Gasteiger partial charge in [0.1, 0.15) is 12.1 Å². The highest BCUT2D eigenvalue weighted by Crippen LogP contribution is 2.19. The summed E-state index contributed by atoms with van der Waals surface area (Å²) in [6.45, 7) is 20.6. The first-order valence-corrected chi connectivity index (χ1v) is 18.4. The molecule has 13 nitrogen and oxygen atoms in total. The molecule has 280 valence electrons. The molecule has 0 aliphatic heterocycles. The van der Waals surface area contributed by atoms with Crippen molar-refractivity contribution < 1.29 is 33.8 Å². The largest absolute Gasteiger partial charge is 0.447 e.